The van der Waals surface area contributed by atoms with Crippen LogP contribution in [0.5, 0.6) is 5.75 Å². The quantitative estimate of drug-likeness (QED) is 0.301. The molecule has 0 bridgehead atoms. The third-order valence-electron chi connectivity index (χ3n) is 2.55. The van der Waals surface area contributed by atoms with Gasteiger partial charge in [0.25, 0.3) is 0 Å². The number of nitrogens with one attached hydrogen (secondary N) is 1. The Kier molecular flexibility index (Phi) is 6.20. The summed E-state index contributed by atoms with van der Waals surface area (Å²) in [6.45, 7) is 2.94. The fourth-order valence-corrected chi connectivity index (χ4v) is 3.99. The van der Waals surface area contributed by atoms with Gasteiger partial charge in [0.1, 0.15) is 5.75 Å². The van der Waals surface area contributed by atoms with Crippen molar-refractivity contribution >= 4 is 26.0 Å². The highest BCUT2D eigenvalue weighted by Crippen LogP contribution is 2.22. The summed E-state index contributed by atoms with van der Waals surface area (Å²) in [5, 5.41) is 8.83. The Labute approximate surface area is 141 Å². The summed E-state index contributed by atoms with van der Waals surface area (Å²) >= 11 is 0. The van der Waals surface area contributed by atoms with E-state index in [1.165, 1.54) is 24.3 Å². The summed E-state index contributed by atoms with van der Waals surface area (Å²) in [5.74, 6) is -3.06. The monoisotopic (exact) mass is 403 g/mol. The predicted molar refractivity (Wildman–Crippen MR) is 79.4 cm³/mol. The van der Waals surface area contributed by atoms with E-state index in [1.54, 1.807) is 0 Å². The molecule has 0 unspecified atom stereocenters. The Hall–Kier alpha value is -2.12. The molecule has 0 aliphatic heterocycles. The second kappa shape index (κ2) is 7.41. The molecular weight excluding hydrogens is 391 g/mol. The van der Waals surface area contributed by atoms with Gasteiger partial charge in [-0.15, -0.1) is 4.13 Å². The Balaban J connectivity index is 2.81. The van der Waals surface area contributed by atoms with Gasteiger partial charge in [-0.1, -0.05) is 12.1 Å². The van der Waals surface area contributed by atoms with Crippen LogP contribution in [-0.4, -0.2) is 39.2 Å². The molecule has 0 heterocycles. The number of hydrogen-bond acceptors (Lipinski definition) is 7. The molecule has 13 heteroatoms. The molecule has 140 valence electrons. The first-order valence-corrected chi connectivity index (χ1v) is 9.38. The minimum absolute atomic E-state index is 0.0778. The van der Waals surface area contributed by atoms with Crippen LogP contribution in [0.4, 0.5) is 13.2 Å². The van der Waals surface area contributed by atoms with Gasteiger partial charge in [-0.25, -0.2) is 21.6 Å². The first-order valence-electron chi connectivity index (χ1n) is 6.25. The molecule has 0 saturated heterocycles. The summed E-state index contributed by atoms with van der Waals surface area (Å²) in [5.41, 5.74) is -5.54. The number of sulfonamides is 2. The van der Waals surface area contributed by atoms with E-state index in [0.717, 1.165) is 0 Å². The van der Waals surface area contributed by atoms with Gasteiger partial charge in [0.2, 0.25) is 10.0 Å². The SMILES string of the molecule is C=C(O)C(=O)Oc1cccc(CCS(=O)(=O)NS(=O)(=O)C(F)(F)F)c1. The zero-order valence-electron chi connectivity index (χ0n) is 12.3. The van der Waals surface area contributed by atoms with Gasteiger partial charge in [0.05, 0.1) is 5.75 Å². The number of hydrogen-bond donors (Lipinski definition) is 2. The average molecular weight is 403 g/mol. The number of halogens is 3. The molecule has 1 aromatic rings. The normalized spacial score (nSPS) is 12.6. The van der Waals surface area contributed by atoms with Crippen LogP contribution >= 0.6 is 0 Å². The van der Waals surface area contributed by atoms with E-state index >= 15 is 0 Å². The fourth-order valence-electron chi connectivity index (χ4n) is 1.44. The van der Waals surface area contributed by atoms with Crippen LogP contribution in [0, 0.1) is 0 Å². The van der Waals surface area contributed by atoms with Gasteiger partial charge in [-0.2, -0.15) is 13.2 Å². The Morgan fingerprint density at radius 2 is 1.84 bits per heavy atom. The number of rotatable bonds is 7. The van der Waals surface area contributed by atoms with Crippen LogP contribution in [0.3, 0.4) is 0 Å². The second-order valence-corrected chi connectivity index (χ2v) is 8.36. The van der Waals surface area contributed by atoms with Crippen LogP contribution in [-0.2, 0) is 31.3 Å². The zero-order valence-corrected chi connectivity index (χ0v) is 13.9. The van der Waals surface area contributed by atoms with Crippen molar-refractivity contribution in [1.82, 2.24) is 4.13 Å². The maximum absolute atomic E-state index is 12.2. The third kappa shape index (κ3) is 6.36. The molecule has 1 rings (SSSR count). The molecule has 8 nitrogen and oxygen atoms in total. The first kappa shape index (κ1) is 20.9. The highest BCUT2D eigenvalue weighted by molar-refractivity contribution is 8.05. The number of carbonyl (C=O) groups is 1. The Bertz CT molecular complexity index is 876. The van der Waals surface area contributed by atoms with Crippen molar-refractivity contribution in [3.63, 3.8) is 0 Å². The van der Waals surface area contributed by atoms with E-state index < -0.39 is 43.0 Å². The van der Waals surface area contributed by atoms with Gasteiger partial charge in [-0.3, -0.25) is 0 Å². The molecule has 0 radical (unpaired) electrons. The smallest absolute Gasteiger partial charge is 0.502 e. The zero-order chi connectivity index (χ0) is 19.5. The van der Waals surface area contributed by atoms with Crippen molar-refractivity contribution in [2.24, 2.45) is 0 Å². The van der Waals surface area contributed by atoms with Gasteiger partial charge < -0.3 is 9.84 Å². The fraction of sp³-hybridized carbons (Fsp3) is 0.250. The molecule has 2 N–H and O–H groups in total. The molecule has 1 aromatic carbocycles. The van der Waals surface area contributed by atoms with Crippen molar-refractivity contribution in [3.05, 3.63) is 42.2 Å². The Morgan fingerprint density at radius 1 is 1.24 bits per heavy atom. The van der Waals surface area contributed by atoms with Crippen LogP contribution < -0.4 is 8.86 Å². The van der Waals surface area contributed by atoms with E-state index in [9.17, 15) is 34.8 Å². The van der Waals surface area contributed by atoms with Crippen molar-refractivity contribution in [2.75, 3.05) is 5.75 Å². The molecule has 0 atom stereocenters. The summed E-state index contributed by atoms with van der Waals surface area (Å²) in [4.78, 5) is 11.1. The lowest BCUT2D eigenvalue weighted by Crippen LogP contribution is -2.41. The Morgan fingerprint density at radius 3 is 2.36 bits per heavy atom. The molecule has 0 saturated carbocycles. The van der Waals surface area contributed by atoms with E-state index in [4.69, 9.17) is 5.11 Å². The number of ether oxygens (including phenoxy) is 1. The molecule has 0 aliphatic rings. The summed E-state index contributed by atoms with van der Waals surface area (Å²) in [6.07, 6.45) is -0.367. The van der Waals surface area contributed by atoms with Crippen LogP contribution in [0.15, 0.2) is 36.6 Å². The summed E-state index contributed by atoms with van der Waals surface area (Å²) in [7, 11) is -10.8. The van der Waals surface area contributed by atoms with Crippen LogP contribution in [0.25, 0.3) is 0 Å². The number of aliphatic hydroxyl groups excluding tert-OH is 1. The van der Waals surface area contributed by atoms with Gasteiger partial charge >= 0.3 is 21.5 Å². The standard InChI is InChI=1S/C12H12F3NO7S2/c1-8(17)11(18)23-10-4-2-3-9(7-10)5-6-24(19,20)16-25(21,22)12(13,14)15/h2-4,7,16-17H,1,5-6H2. The molecular formula is C12H12F3NO7S2. The number of benzene rings is 1. The molecule has 0 amide bonds. The average Bonchev–Trinajstić information content (AvgIpc) is 2.43. The molecule has 0 aliphatic carbocycles. The van der Waals surface area contributed by atoms with Crippen molar-refractivity contribution in [3.8, 4) is 5.75 Å². The van der Waals surface area contributed by atoms with Crippen LogP contribution in [0.2, 0.25) is 0 Å². The molecule has 0 spiro atoms. The first-order chi connectivity index (χ1) is 11.2. The number of esters is 1. The lowest BCUT2D eigenvalue weighted by Gasteiger charge is -2.10. The molecule has 0 aromatic heterocycles. The minimum atomic E-state index is -6.04. The van der Waals surface area contributed by atoms with Gasteiger partial charge in [0, 0.05) is 0 Å². The van der Waals surface area contributed by atoms with E-state index in [2.05, 4.69) is 11.3 Å². The number of carbonyl (C=O) groups excluding carboxylic acids is 1. The van der Waals surface area contributed by atoms with Crippen molar-refractivity contribution in [1.29, 1.82) is 0 Å². The van der Waals surface area contributed by atoms with Gasteiger partial charge in [0.15, 0.2) is 5.76 Å². The van der Waals surface area contributed by atoms with E-state index in [0.29, 0.717) is 4.13 Å². The minimum Gasteiger partial charge on any atom is -0.502 e. The topological polar surface area (TPSA) is 127 Å². The number of alkyl halides is 3. The molecule has 0 fully saturated rings. The van der Waals surface area contributed by atoms with Crippen molar-refractivity contribution in [2.45, 2.75) is 11.9 Å². The summed E-state index contributed by atoms with van der Waals surface area (Å²) in [6, 6.07) is 5.21. The van der Waals surface area contributed by atoms with E-state index in [-0.39, 0.29) is 17.7 Å². The maximum Gasteiger partial charge on any atom is 0.512 e. The molecule has 25 heavy (non-hydrogen) atoms. The maximum atomic E-state index is 12.2. The van der Waals surface area contributed by atoms with E-state index in [1.807, 2.05) is 0 Å². The van der Waals surface area contributed by atoms with Gasteiger partial charge in [-0.05, 0) is 30.7 Å². The predicted octanol–water partition coefficient (Wildman–Crippen LogP) is 0.975. The lowest BCUT2D eigenvalue weighted by molar-refractivity contribution is -0.132. The largest absolute Gasteiger partial charge is 0.512 e. The highest BCUT2D eigenvalue weighted by atomic mass is 32.3. The second-order valence-electron chi connectivity index (χ2n) is 4.59. The third-order valence-corrected chi connectivity index (χ3v) is 5.79. The number of aryl methyl sites for hydroxylation is 1. The number of aliphatic hydroxyl groups is 1. The lowest BCUT2D eigenvalue weighted by atomic mass is 10.2. The van der Waals surface area contributed by atoms with Crippen LogP contribution in [0.1, 0.15) is 5.56 Å². The summed E-state index contributed by atoms with van der Waals surface area (Å²) < 4.78 is 86.4. The van der Waals surface area contributed by atoms with Crippen molar-refractivity contribution < 1.29 is 44.6 Å². The highest BCUT2D eigenvalue weighted by Gasteiger charge is 2.48.